The number of nitrogens with two attached hydrogens (primary N) is 1. The third-order valence-corrected chi connectivity index (χ3v) is 2.94. The molecular weight excluding hydrogens is 186 g/mol. The van der Waals surface area contributed by atoms with Gasteiger partial charge in [-0.3, -0.25) is 4.90 Å². The first kappa shape index (κ1) is 10.6. The molecule has 1 aliphatic rings. The van der Waals surface area contributed by atoms with Crippen molar-refractivity contribution in [1.29, 1.82) is 0 Å². The van der Waals surface area contributed by atoms with Crippen molar-refractivity contribution in [3.05, 3.63) is 35.4 Å². The van der Waals surface area contributed by atoms with Crippen LogP contribution >= 0.6 is 0 Å². The van der Waals surface area contributed by atoms with Crippen molar-refractivity contribution >= 4 is 0 Å². The van der Waals surface area contributed by atoms with E-state index in [1.165, 1.54) is 11.1 Å². The standard InChI is InChI=1S/C12H19N3/c13-9-11-3-1-2-4-12(11)10-15-7-5-14-6-8-15/h1-4,14H,5-10,13H2. The Labute approximate surface area is 91.3 Å². The zero-order valence-corrected chi connectivity index (χ0v) is 9.08. The van der Waals surface area contributed by atoms with Gasteiger partial charge in [-0.2, -0.15) is 0 Å². The number of piperazine rings is 1. The van der Waals surface area contributed by atoms with Crippen molar-refractivity contribution in [2.75, 3.05) is 26.2 Å². The van der Waals surface area contributed by atoms with Gasteiger partial charge >= 0.3 is 0 Å². The molecule has 82 valence electrons. The first-order valence-corrected chi connectivity index (χ1v) is 5.60. The second kappa shape index (κ2) is 5.26. The summed E-state index contributed by atoms with van der Waals surface area (Å²) in [5, 5.41) is 3.36. The summed E-state index contributed by atoms with van der Waals surface area (Å²) in [7, 11) is 0. The SMILES string of the molecule is NCc1ccccc1CN1CCNCC1. The van der Waals surface area contributed by atoms with Crippen molar-refractivity contribution in [1.82, 2.24) is 10.2 Å². The summed E-state index contributed by atoms with van der Waals surface area (Å²) >= 11 is 0. The fourth-order valence-corrected chi connectivity index (χ4v) is 2.02. The summed E-state index contributed by atoms with van der Waals surface area (Å²) in [5.74, 6) is 0. The van der Waals surface area contributed by atoms with Gasteiger partial charge in [0.2, 0.25) is 0 Å². The lowest BCUT2D eigenvalue weighted by atomic mass is 10.1. The van der Waals surface area contributed by atoms with Crippen LogP contribution in [0.3, 0.4) is 0 Å². The number of rotatable bonds is 3. The lowest BCUT2D eigenvalue weighted by Crippen LogP contribution is -2.43. The van der Waals surface area contributed by atoms with Crippen LogP contribution in [0, 0.1) is 0 Å². The van der Waals surface area contributed by atoms with Crippen molar-refractivity contribution < 1.29 is 0 Å². The smallest absolute Gasteiger partial charge is 0.0238 e. The molecule has 1 aromatic carbocycles. The average molecular weight is 205 g/mol. The van der Waals surface area contributed by atoms with Crippen LogP contribution in [0.2, 0.25) is 0 Å². The minimum atomic E-state index is 0.641. The van der Waals surface area contributed by atoms with Crippen LogP contribution in [-0.2, 0) is 13.1 Å². The summed E-state index contributed by atoms with van der Waals surface area (Å²) in [6.45, 7) is 6.16. The Hall–Kier alpha value is -0.900. The molecule has 15 heavy (non-hydrogen) atoms. The van der Waals surface area contributed by atoms with Gasteiger partial charge in [0.05, 0.1) is 0 Å². The van der Waals surface area contributed by atoms with Crippen LogP contribution in [0.15, 0.2) is 24.3 Å². The van der Waals surface area contributed by atoms with E-state index in [1.54, 1.807) is 0 Å². The summed E-state index contributed by atoms with van der Waals surface area (Å²) in [6, 6.07) is 8.46. The van der Waals surface area contributed by atoms with Crippen molar-refractivity contribution in [2.45, 2.75) is 13.1 Å². The molecule has 0 saturated carbocycles. The highest BCUT2D eigenvalue weighted by Crippen LogP contribution is 2.11. The number of hydrogen-bond acceptors (Lipinski definition) is 3. The van der Waals surface area contributed by atoms with Gasteiger partial charge in [-0.15, -0.1) is 0 Å². The summed E-state index contributed by atoms with van der Waals surface area (Å²) < 4.78 is 0. The second-order valence-electron chi connectivity index (χ2n) is 4.00. The summed E-state index contributed by atoms with van der Waals surface area (Å²) in [6.07, 6.45) is 0. The maximum Gasteiger partial charge on any atom is 0.0238 e. The maximum atomic E-state index is 5.72. The molecule has 0 aromatic heterocycles. The third kappa shape index (κ3) is 2.78. The second-order valence-corrected chi connectivity index (χ2v) is 4.00. The molecular formula is C12H19N3. The lowest BCUT2D eigenvalue weighted by Gasteiger charge is -2.27. The van der Waals surface area contributed by atoms with E-state index in [0.29, 0.717) is 6.54 Å². The van der Waals surface area contributed by atoms with E-state index >= 15 is 0 Å². The van der Waals surface area contributed by atoms with E-state index in [2.05, 4.69) is 34.5 Å². The highest BCUT2D eigenvalue weighted by molar-refractivity contribution is 5.26. The van der Waals surface area contributed by atoms with Crippen LogP contribution in [0.5, 0.6) is 0 Å². The molecule has 0 aliphatic carbocycles. The van der Waals surface area contributed by atoms with Gasteiger partial charge in [-0.05, 0) is 11.1 Å². The minimum Gasteiger partial charge on any atom is -0.326 e. The number of nitrogens with zero attached hydrogens (tertiary/aromatic N) is 1. The van der Waals surface area contributed by atoms with Crippen molar-refractivity contribution in [2.24, 2.45) is 5.73 Å². The van der Waals surface area contributed by atoms with E-state index in [0.717, 1.165) is 32.7 Å². The van der Waals surface area contributed by atoms with Crippen LogP contribution in [-0.4, -0.2) is 31.1 Å². The Morgan fingerprint density at radius 2 is 1.80 bits per heavy atom. The molecule has 0 spiro atoms. The molecule has 0 atom stereocenters. The first-order valence-electron chi connectivity index (χ1n) is 5.60. The number of nitrogens with one attached hydrogen (secondary N) is 1. The van der Waals surface area contributed by atoms with Gasteiger partial charge in [0.1, 0.15) is 0 Å². The quantitative estimate of drug-likeness (QED) is 0.757. The van der Waals surface area contributed by atoms with Gasteiger partial charge in [0.15, 0.2) is 0 Å². The Kier molecular flexibility index (Phi) is 3.72. The maximum absolute atomic E-state index is 5.72. The molecule has 1 aromatic rings. The van der Waals surface area contributed by atoms with Crippen LogP contribution in [0.25, 0.3) is 0 Å². The molecule has 1 fully saturated rings. The normalized spacial score (nSPS) is 17.9. The molecule has 1 heterocycles. The Balaban J connectivity index is 2.02. The Bertz CT molecular complexity index is 305. The molecule has 1 saturated heterocycles. The van der Waals surface area contributed by atoms with E-state index in [4.69, 9.17) is 5.73 Å². The van der Waals surface area contributed by atoms with Crippen LogP contribution in [0.4, 0.5) is 0 Å². The fraction of sp³-hybridized carbons (Fsp3) is 0.500. The fourth-order valence-electron chi connectivity index (χ4n) is 2.02. The molecule has 0 unspecified atom stereocenters. The zero-order chi connectivity index (χ0) is 10.5. The Morgan fingerprint density at radius 1 is 1.13 bits per heavy atom. The van der Waals surface area contributed by atoms with Gasteiger partial charge in [-0.25, -0.2) is 0 Å². The van der Waals surface area contributed by atoms with Gasteiger partial charge in [-0.1, -0.05) is 24.3 Å². The molecule has 3 N–H and O–H groups in total. The van der Waals surface area contributed by atoms with Gasteiger partial charge < -0.3 is 11.1 Å². The highest BCUT2D eigenvalue weighted by atomic mass is 15.2. The molecule has 1 aliphatic heterocycles. The monoisotopic (exact) mass is 205 g/mol. The summed E-state index contributed by atoms with van der Waals surface area (Å²) in [5.41, 5.74) is 8.38. The topological polar surface area (TPSA) is 41.3 Å². The number of benzene rings is 1. The predicted molar refractivity (Wildman–Crippen MR) is 62.5 cm³/mol. The largest absolute Gasteiger partial charge is 0.326 e. The molecule has 0 amide bonds. The molecule has 3 nitrogen and oxygen atoms in total. The number of hydrogen-bond donors (Lipinski definition) is 2. The predicted octanol–water partition coefficient (Wildman–Crippen LogP) is 0.550. The van der Waals surface area contributed by atoms with Gasteiger partial charge in [0.25, 0.3) is 0 Å². The summed E-state index contributed by atoms with van der Waals surface area (Å²) in [4.78, 5) is 2.48. The van der Waals surface area contributed by atoms with Crippen molar-refractivity contribution in [3.8, 4) is 0 Å². The molecule has 0 bridgehead atoms. The van der Waals surface area contributed by atoms with E-state index in [1.807, 2.05) is 0 Å². The average Bonchev–Trinajstić information content (AvgIpc) is 2.31. The molecule has 0 radical (unpaired) electrons. The third-order valence-electron chi connectivity index (χ3n) is 2.94. The van der Waals surface area contributed by atoms with E-state index in [-0.39, 0.29) is 0 Å². The Morgan fingerprint density at radius 3 is 2.47 bits per heavy atom. The van der Waals surface area contributed by atoms with E-state index in [9.17, 15) is 0 Å². The lowest BCUT2D eigenvalue weighted by molar-refractivity contribution is 0.232. The molecule has 2 rings (SSSR count). The zero-order valence-electron chi connectivity index (χ0n) is 9.08. The molecule has 3 heteroatoms. The van der Waals surface area contributed by atoms with Gasteiger partial charge in [0, 0.05) is 39.3 Å². The van der Waals surface area contributed by atoms with Crippen LogP contribution in [0.1, 0.15) is 11.1 Å². The van der Waals surface area contributed by atoms with Crippen LogP contribution < -0.4 is 11.1 Å². The minimum absolute atomic E-state index is 0.641. The first-order chi connectivity index (χ1) is 7.40. The van der Waals surface area contributed by atoms with E-state index < -0.39 is 0 Å². The van der Waals surface area contributed by atoms with Crippen molar-refractivity contribution in [3.63, 3.8) is 0 Å². The highest BCUT2D eigenvalue weighted by Gasteiger charge is 2.10.